The van der Waals surface area contributed by atoms with E-state index in [1.54, 1.807) is 12.4 Å². The highest BCUT2D eigenvalue weighted by Crippen LogP contribution is 2.36. The van der Waals surface area contributed by atoms with E-state index in [9.17, 15) is 4.79 Å². The van der Waals surface area contributed by atoms with Crippen LogP contribution in [-0.2, 0) is 16.1 Å². The van der Waals surface area contributed by atoms with E-state index >= 15 is 0 Å². The second-order valence-corrected chi connectivity index (χ2v) is 7.64. The quantitative estimate of drug-likeness (QED) is 0.831. The number of hydrogen-bond acceptors (Lipinski definition) is 5. The number of likely N-dealkylation sites (tertiary alicyclic amines) is 1. The van der Waals surface area contributed by atoms with Gasteiger partial charge >= 0.3 is 0 Å². The van der Waals surface area contributed by atoms with Gasteiger partial charge in [0.05, 0.1) is 37.1 Å². The average molecular weight is 367 g/mol. The van der Waals surface area contributed by atoms with Gasteiger partial charge in [0.2, 0.25) is 0 Å². The summed E-state index contributed by atoms with van der Waals surface area (Å²) in [6.45, 7) is 6.33. The van der Waals surface area contributed by atoms with E-state index in [1.807, 2.05) is 43.0 Å². The standard InChI is InChI=1S/C21H25N3O3/c1-15-8-17(11-22-10-15)20(25)24-13-21(14-24)9-19(6-7-27-21)26-12-18-5-3-4-16(2)23-18/h3-5,8,10-11,19H,6-7,9,12-14H2,1-2H3. The van der Waals surface area contributed by atoms with Crippen molar-refractivity contribution >= 4 is 5.91 Å². The van der Waals surface area contributed by atoms with Crippen molar-refractivity contribution in [2.75, 3.05) is 19.7 Å². The van der Waals surface area contributed by atoms with Gasteiger partial charge in [-0.05, 0) is 44.0 Å². The molecule has 2 fully saturated rings. The number of pyridine rings is 2. The third-order valence-corrected chi connectivity index (χ3v) is 5.23. The fourth-order valence-electron chi connectivity index (χ4n) is 3.88. The van der Waals surface area contributed by atoms with Gasteiger partial charge < -0.3 is 14.4 Å². The van der Waals surface area contributed by atoms with Crippen LogP contribution in [0.5, 0.6) is 0 Å². The zero-order chi connectivity index (χ0) is 18.9. The molecule has 2 aromatic rings. The van der Waals surface area contributed by atoms with Crippen LogP contribution in [-0.4, -0.2) is 52.2 Å². The Morgan fingerprint density at radius 1 is 1.33 bits per heavy atom. The molecule has 0 saturated carbocycles. The third-order valence-electron chi connectivity index (χ3n) is 5.23. The summed E-state index contributed by atoms with van der Waals surface area (Å²) in [7, 11) is 0. The number of nitrogens with zero attached hydrogens (tertiary/aromatic N) is 3. The molecule has 0 N–H and O–H groups in total. The number of ether oxygens (including phenoxy) is 2. The van der Waals surface area contributed by atoms with E-state index in [2.05, 4.69) is 9.97 Å². The Kier molecular flexibility index (Phi) is 4.93. The maximum atomic E-state index is 12.6. The Bertz CT molecular complexity index is 833. The van der Waals surface area contributed by atoms with Crippen molar-refractivity contribution in [2.45, 2.75) is 45.0 Å². The molecule has 27 heavy (non-hydrogen) atoms. The molecular formula is C21H25N3O3. The molecule has 0 bridgehead atoms. The lowest BCUT2D eigenvalue weighted by Gasteiger charge is -2.53. The minimum atomic E-state index is -0.268. The van der Waals surface area contributed by atoms with Gasteiger partial charge in [-0.15, -0.1) is 0 Å². The second kappa shape index (κ2) is 7.37. The molecule has 4 rings (SSSR count). The van der Waals surface area contributed by atoms with Crippen molar-refractivity contribution in [1.82, 2.24) is 14.9 Å². The van der Waals surface area contributed by atoms with Crippen LogP contribution in [0.25, 0.3) is 0 Å². The maximum absolute atomic E-state index is 12.6. The molecule has 2 aliphatic rings. The molecule has 1 spiro atoms. The molecule has 0 aliphatic carbocycles. The van der Waals surface area contributed by atoms with Crippen LogP contribution in [0.3, 0.4) is 0 Å². The van der Waals surface area contributed by atoms with Crippen LogP contribution in [0.2, 0.25) is 0 Å². The lowest BCUT2D eigenvalue weighted by Crippen LogP contribution is -2.67. The molecule has 0 aromatic carbocycles. The minimum absolute atomic E-state index is 0.0208. The lowest BCUT2D eigenvalue weighted by molar-refractivity contribution is -0.188. The molecule has 6 nitrogen and oxygen atoms in total. The van der Waals surface area contributed by atoms with Gasteiger partial charge in [0, 0.05) is 31.1 Å². The van der Waals surface area contributed by atoms with Crippen molar-refractivity contribution in [1.29, 1.82) is 0 Å². The maximum Gasteiger partial charge on any atom is 0.255 e. The molecular weight excluding hydrogens is 342 g/mol. The highest BCUT2D eigenvalue weighted by molar-refractivity contribution is 5.94. The Balaban J connectivity index is 1.32. The highest BCUT2D eigenvalue weighted by atomic mass is 16.5. The number of aromatic nitrogens is 2. The first-order valence-electron chi connectivity index (χ1n) is 9.42. The number of hydrogen-bond donors (Lipinski definition) is 0. The van der Waals surface area contributed by atoms with Gasteiger partial charge in [0.15, 0.2) is 0 Å². The van der Waals surface area contributed by atoms with Crippen LogP contribution in [0, 0.1) is 13.8 Å². The number of carbonyl (C=O) groups excluding carboxylic acids is 1. The van der Waals surface area contributed by atoms with E-state index in [0.717, 1.165) is 29.8 Å². The fourth-order valence-corrected chi connectivity index (χ4v) is 3.88. The molecule has 2 saturated heterocycles. The van der Waals surface area contributed by atoms with Gasteiger partial charge in [-0.1, -0.05) is 6.07 Å². The first-order valence-corrected chi connectivity index (χ1v) is 9.42. The van der Waals surface area contributed by atoms with Gasteiger partial charge in [-0.2, -0.15) is 0 Å². The average Bonchev–Trinajstić information content (AvgIpc) is 2.64. The second-order valence-electron chi connectivity index (χ2n) is 7.64. The summed E-state index contributed by atoms with van der Waals surface area (Å²) in [6.07, 6.45) is 5.21. The molecule has 6 heteroatoms. The summed E-state index contributed by atoms with van der Waals surface area (Å²) in [5.41, 5.74) is 3.31. The number of rotatable bonds is 4. The van der Waals surface area contributed by atoms with E-state index in [0.29, 0.717) is 31.9 Å². The predicted octanol–water partition coefficient (Wildman–Crippen LogP) is 2.68. The summed E-state index contributed by atoms with van der Waals surface area (Å²) in [4.78, 5) is 23.1. The van der Waals surface area contributed by atoms with Crippen LogP contribution >= 0.6 is 0 Å². The van der Waals surface area contributed by atoms with E-state index in [4.69, 9.17) is 9.47 Å². The number of carbonyl (C=O) groups is 1. The van der Waals surface area contributed by atoms with Gasteiger partial charge in [0.1, 0.15) is 5.60 Å². The Morgan fingerprint density at radius 2 is 2.19 bits per heavy atom. The van der Waals surface area contributed by atoms with Crippen LogP contribution in [0.1, 0.15) is 40.2 Å². The zero-order valence-corrected chi connectivity index (χ0v) is 15.9. The van der Waals surface area contributed by atoms with Crippen LogP contribution in [0.15, 0.2) is 36.7 Å². The Hall–Kier alpha value is -2.31. The normalized spacial score (nSPS) is 21.1. The summed E-state index contributed by atoms with van der Waals surface area (Å²) >= 11 is 0. The largest absolute Gasteiger partial charge is 0.372 e. The third kappa shape index (κ3) is 4.01. The number of aryl methyl sites for hydroxylation is 2. The molecule has 1 unspecified atom stereocenters. The molecule has 0 radical (unpaired) electrons. The van der Waals surface area contributed by atoms with E-state index in [1.165, 1.54) is 0 Å². The van der Waals surface area contributed by atoms with Gasteiger partial charge in [-0.25, -0.2) is 0 Å². The van der Waals surface area contributed by atoms with E-state index < -0.39 is 0 Å². The number of amides is 1. The summed E-state index contributed by atoms with van der Waals surface area (Å²) in [6, 6.07) is 7.85. The molecule has 1 atom stereocenters. The molecule has 142 valence electrons. The van der Waals surface area contributed by atoms with Crippen molar-refractivity contribution in [3.63, 3.8) is 0 Å². The molecule has 2 aromatic heterocycles. The fraction of sp³-hybridized carbons (Fsp3) is 0.476. The zero-order valence-electron chi connectivity index (χ0n) is 15.9. The lowest BCUT2D eigenvalue weighted by atomic mass is 9.84. The minimum Gasteiger partial charge on any atom is -0.372 e. The molecule has 1 amide bonds. The molecule has 2 aliphatic heterocycles. The Morgan fingerprint density at radius 3 is 2.96 bits per heavy atom. The summed E-state index contributed by atoms with van der Waals surface area (Å²) < 4.78 is 12.1. The smallest absolute Gasteiger partial charge is 0.255 e. The summed E-state index contributed by atoms with van der Waals surface area (Å²) in [5.74, 6) is 0.0208. The van der Waals surface area contributed by atoms with Crippen molar-refractivity contribution < 1.29 is 14.3 Å². The topological polar surface area (TPSA) is 64.6 Å². The first-order chi connectivity index (χ1) is 13.0. The van der Waals surface area contributed by atoms with E-state index in [-0.39, 0.29) is 17.6 Å². The first kappa shape index (κ1) is 18.1. The monoisotopic (exact) mass is 367 g/mol. The van der Waals surface area contributed by atoms with Crippen molar-refractivity contribution in [3.05, 3.63) is 59.2 Å². The van der Waals surface area contributed by atoms with Gasteiger partial charge in [-0.3, -0.25) is 14.8 Å². The Labute approximate surface area is 159 Å². The van der Waals surface area contributed by atoms with Crippen molar-refractivity contribution in [2.24, 2.45) is 0 Å². The van der Waals surface area contributed by atoms with Crippen LogP contribution in [0.4, 0.5) is 0 Å². The van der Waals surface area contributed by atoms with Gasteiger partial charge in [0.25, 0.3) is 5.91 Å². The highest BCUT2D eigenvalue weighted by Gasteiger charge is 2.49. The van der Waals surface area contributed by atoms with Crippen LogP contribution < -0.4 is 0 Å². The molecule has 4 heterocycles. The predicted molar refractivity (Wildman–Crippen MR) is 100 cm³/mol. The summed E-state index contributed by atoms with van der Waals surface area (Å²) in [5, 5.41) is 0. The SMILES string of the molecule is Cc1cncc(C(=O)N2CC3(CC(OCc4cccc(C)n4)CCO3)C2)c1. The van der Waals surface area contributed by atoms with Crippen molar-refractivity contribution in [3.8, 4) is 0 Å².